The topological polar surface area (TPSA) is 32.8 Å². The van der Waals surface area contributed by atoms with Crippen LogP contribution in [0.5, 0.6) is 5.75 Å². The van der Waals surface area contributed by atoms with Gasteiger partial charge in [0.25, 0.3) is 5.91 Å². The largest absolute Gasteiger partial charge is 0.490 e. The second-order valence-corrected chi connectivity index (χ2v) is 5.60. The highest BCUT2D eigenvalue weighted by Crippen LogP contribution is 2.27. The van der Waals surface area contributed by atoms with Gasteiger partial charge in [-0.3, -0.25) is 4.79 Å². The minimum absolute atomic E-state index is 0.101. The van der Waals surface area contributed by atoms with Crippen LogP contribution >= 0.6 is 0 Å². The Labute approximate surface area is 113 Å². The van der Waals surface area contributed by atoms with Gasteiger partial charge < -0.3 is 14.5 Å². The lowest BCUT2D eigenvalue weighted by molar-refractivity contribution is 0.0815. The quantitative estimate of drug-likeness (QED) is 0.812. The first kappa shape index (κ1) is 12.5. The van der Waals surface area contributed by atoms with Crippen molar-refractivity contribution in [2.75, 3.05) is 27.2 Å². The molecule has 2 aliphatic heterocycles. The standard InChI is InChI=1S/C15H20N2O2/c1-16-7-5-12(6-8-16)19-13-4-3-11-10-17(2)15(18)14(11)9-13/h3-4,9,12H,5-8,10H2,1-2H3. The van der Waals surface area contributed by atoms with Gasteiger partial charge in [-0.2, -0.15) is 0 Å². The zero-order valence-corrected chi connectivity index (χ0v) is 11.6. The van der Waals surface area contributed by atoms with E-state index in [4.69, 9.17) is 4.74 Å². The molecule has 0 aromatic heterocycles. The number of fused-ring (bicyclic) bond motifs is 1. The van der Waals surface area contributed by atoms with Gasteiger partial charge in [0, 0.05) is 32.2 Å². The van der Waals surface area contributed by atoms with Crippen molar-refractivity contribution in [1.82, 2.24) is 9.80 Å². The van der Waals surface area contributed by atoms with E-state index >= 15 is 0 Å². The van der Waals surface area contributed by atoms with E-state index in [0.717, 1.165) is 42.8 Å². The highest BCUT2D eigenvalue weighted by Gasteiger charge is 2.25. The molecule has 1 aromatic carbocycles. The first-order chi connectivity index (χ1) is 9.13. The van der Waals surface area contributed by atoms with Gasteiger partial charge in [0.05, 0.1) is 0 Å². The molecule has 1 aromatic rings. The molecule has 3 rings (SSSR count). The fourth-order valence-electron chi connectivity index (χ4n) is 2.79. The highest BCUT2D eigenvalue weighted by atomic mass is 16.5. The van der Waals surface area contributed by atoms with Crippen LogP contribution in [0.1, 0.15) is 28.8 Å². The molecule has 0 spiro atoms. The predicted octanol–water partition coefficient (Wildman–Crippen LogP) is 1.75. The van der Waals surface area contributed by atoms with E-state index in [9.17, 15) is 4.79 Å². The van der Waals surface area contributed by atoms with Crippen molar-refractivity contribution in [3.63, 3.8) is 0 Å². The Morgan fingerprint density at radius 2 is 1.95 bits per heavy atom. The summed E-state index contributed by atoms with van der Waals surface area (Å²) in [4.78, 5) is 16.0. The van der Waals surface area contributed by atoms with E-state index in [1.54, 1.807) is 4.90 Å². The van der Waals surface area contributed by atoms with Crippen LogP contribution in [0.4, 0.5) is 0 Å². The average molecular weight is 260 g/mol. The number of amides is 1. The Bertz CT molecular complexity index is 493. The minimum Gasteiger partial charge on any atom is -0.490 e. The monoisotopic (exact) mass is 260 g/mol. The zero-order chi connectivity index (χ0) is 13.4. The number of ether oxygens (including phenoxy) is 1. The third kappa shape index (κ3) is 2.45. The highest BCUT2D eigenvalue weighted by molar-refractivity contribution is 5.98. The molecule has 0 atom stereocenters. The second-order valence-electron chi connectivity index (χ2n) is 5.60. The fraction of sp³-hybridized carbons (Fsp3) is 0.533. The van der Waals surface area contributed by atoms with Gasteiger partial charge in [-0.15, -0.1) is 0 Å². The van der Waals surface area contributed by atoms with Crippen molar-refractivity contribution in [3.05, 3.63) is 29.3 Å². The summed E-state index contributed by atoms with van der Waals surface area (Å²) >= 11 is 0. The summed E-state index contributed by atoms with van der Waals surface area (Å²) in [5.74, 6) is 0.931. The van der Waals surface area contributed by atoms with Crippen LogP contribution < -0.4 is 4.74 Å². The van der Waals surface area contributed by atoms with Crippen LogP contribution in [-0.2, 0) is 6.54 Å². The van der Waals surface area contributed by atoms with Crippen LogP contribution in [0.2, 0.25) is 0 Å². The van der Waals surface area contributed by atoms with E-state index in [1.165, 1.54) is 0 Å². The second kappa shape index (κ2) is 4.85. The maximum atomic E-state index is 11.9. The van der Waals surface area contributed by atoms with E-state index in [-0.39, 0.29) is 12.0 Å². The van der Waals surface area contributed by atoms with Gasteiger partial charge >= 0.3 is 0 Å². The molecule has 102 valence electrons. The van der Waals surface area contributed by atoms with Crippen molar-refractivity contribution in [2.45, 2.75) is 25.5 Å². The van der Waals surface area contributed by atoms with E-state index in [0.29, 0.717) is 6.54 Å². The van der Waals surface area contributed by atoms with Gasteiger partial charge in [-0.25, -0.2) is 0 Å². The Kier molecular flexibility index (Phi) is 3.19. The van der Waals surface area contributed by atoms with Gasteiger partial charge in [-0.1, -0.05) is 6.07 Å². The third-order valence-electron chi connectivity index (χ3n) is 4.03. The molecule has 0 N–H and O–H groups in total. The minimum atomic E-state index is 0.101. The first-order valence-electron chi connectivity index (χ1n) is 6.87. The summed E-state index contributed by atoms with van der Waals surface area (Å²) in [6.07, 6.45) is 2.39. The summed E-state index contributed by atoms with van der Waals surface area (Å²) in [6, 6.07) is 5.91. The van der Waals surface area contributed by atoms with Crippen molar-refractivity contribution in [3.8, 4) is 5.75 Å². The molecule has 2 aliphatic rings. The number of hydrogen-bond donors (Lipinski definition) is 0. The average Bonchev–Trinajstić information content (AvgIpc) is 2.69. The van der Waals surface area contributed by atoms with Crippen LogP contribution in [-0.4, -0.2) is 49.0 Å². The number of carbonyl (C=O) groups excluding carboxylic acids is 1. The SMILES string of the molecule is CN1CCC(Oc2ccc3c(c2)C(=O)N(C)C3)CC1. The summed E-state index contributed by atoms with van der Waals surface area (Å²) in [5, 5.41) is 0. The number of carbonyl (C=O) groups is 1. The molecule has 0 unspecified atom stereocenters. The number of hydrogen-bond acceptors (Lipinski definition) is 3. The molecule has 0 saturated carbocycles. The number of nitrogens with zero attached hydrogens (tertiary/aromatic N) is 2. The molecular formula is C15H20N2O2. The molecule has 0 radical (unpaired) electrons. The van der Waals surface area contributed by atoms with Gasteiger partial charge in [0.2, 0.25) is 0 Å². The van der Waals surface area contributed by atoms with Crippen LogP contribution in [0.15, 0.2) is 18.2 Å². The summed E-state index contributed by atoms with van der Waals surface area (Å²) in [5.41, 5.74) is 1.90. The maximum Gasteiger partial charge on any atom is 0.254 e. The zero-order valence-electron chi connectivity index (χ0n) is 11.6. The third-order valence-corrected chi connectivity index (χ3v) is 4.03. The Hall–Kier alpha value is -1.55. The molecule has 19 heavy (non-hydrogen) atoms. The molecular weight excluding hydrogens is 240 g/mol. The van der Waals surface area contributed by atoms with E-state index in [2.05, 4.69) is 11.9 Å². The fourth-order valence-corrected chi connectivity index (χ4v) is 2.79. The van der Waals surface area contributed by atoms with Crippen LogP contribution in [0.3, 0.4) is 0 Å². The van der Waals surface area contributed by atoms with Crippen LogP contribution in [0, 0.1) is 0 Å². The number of benzene rings is 1. The van der Waals surface area contributed by atoms with Gasteiger partial charge in [0.15, 0.2) is 0 Å². The lowest BCUT2D eigenvalue weighted by atomic mass is 10.1. The first-order valence-corrected chi connectivity index (χ1v) is 6.87. The van der Waals surface area contributed by atoms with Crippen LogP contribution in [0.25, 0.3) is 0 Å². The Morgan fingerprint density at radius 1 is 1.21 bits per heavy atom. The molecule has 1 saturated heterocycles. The molecule has 0 aliphatic carbocycles. The smallest absolute Gasteiger partial charge is 0.254 e. The summed E-state index contributed by atoms with van der Waals surface area (Å²) in [6.45, 7) is 2.87. The number of rotatable bonds is 2. The Balaban J connectivity index is 1.71. The molecule has 1 amide bonds. The molecule has 1 fully saturated rings. The molecule has 4 heteroatoms. The van der Waals surface area contributed by atoms with Crippen molar-refractivity contribution in [1.29, 1.82) is 0 Å². The normalized spacial score (nSPS) is 20.7. The lowest BCUT2D eigenvalue weighted by Gasteiger charge is -2.29. The number of likely N-dealkylation sites (tertiary alicyclic amines) is 1. The summed E-state index contributed by atoms with van der Waals surface area (Å²) in [7, 11) is 3.97. The summed E-state index contributed by atoms with van der Waals surface area (Å²) < 4.78 is 6.02. The predicted molar refractivity (Wildman–Crippen MR) is 73.4 cm³/mol. The van der Waals surface area contributed by atoms with E-state index in [1.807, 2.05) is 25.2 Å². The molecule has 4 nitrogen and oxygen atoms in total. The Morgan fingerprint density at radius 3 is 2.68 bits per heavy atom. The van der Waals surface area contributed by atoms with Crippen molar-refractivity contribution < 1.29 is 9.53 Å². The van der Waals surface area contributed by atoms with Crippen molar-refractivity contribution >= 4 is 5.91 Å². The lowest BCUT2D eigenvalue weighted by Crippen LogP contribution is -2.35. The van der Waals surface area contributed by atoms with Gasteiger partial charge in [0.1, 0.15) is 11.9 Å². The number of piperidine rings is 1. The van der Waals surface area contributed by atoms with Gasteiger partial charge in [-0.05, 0) is 37.6 Å². The van der Waals surface area contributed by atoms with Crippen molar-refractivity contribution in [2.24, 2.45) is 0 Å². The molecule has 2 heterocycles. The maximum absolute atomic E-state index is 11.9. The van der Waals surface area contributed by atoms with E-state index < -0.39 is 0 Å². The molecule has 0 bridgehead atoms.